The molecule has 0 saturated heterocycles. The molecule has 140 valence electrons. The average molecular weight is 366 g/mol. The van der Waals surface area contributed by atoms with Crippen LogP contribution in [0.5, 0.6) is 17.2 Å². The van der Waals surface area contributed by atoms with Crippen molar-refractivity contribution >= 4 is 16.7 Å². The van der Waals surface area contributed by atoms with E-state index >= 15 is 0 Å². The zero-order chi connectivity index (χ0) is 19.1. The van der Waals surface area contributed by atoms with Crippen LogP contribution in [0.4, 0.5) is 0 Å². The van der Waals surface area contributed by atoms with Crippen LogP contribution < -0.4 is 14.2 Å². The van der Waals surface area contributed by atoms with Crippen molar-refractivity contribution in [2.75, 3.05) is 20.3 Å². The number of benzene rings is 3. The highest BCUT2D eigenvalue weighted by molar-refractivity contribution is 5.83. The summed E-state index contributed by atoms with van der Waals surface area (Å²) in [6.45, 7) is 0.730. The first kappa shape index (κ1) is 18.6. The van der Waals surface area contributed by atoms with Crippen LogP contribution in [-0.4, -0.2) is 31.4 Å². The van der Waals surface area contributed by atoms with Crippen LogP contribution >= 0.6 is 0 Å². The smallest absolute Gasteiger partial charge is 0.303 e. The largest absolute Gasteiger partial charge is 0.497 e. The minimum Gasteiger partial charge on any atom is -0.497 e. The Morgan fingerprint density at radius 1 is 0.889 bits per heavy atom. The summed E-state index contributed by atoms with van der Waals surface area (Å²) in [6, 6.07) is 19.5. The summed E-state index contributed by atoms with van der Waals surface area (Å²) >= 11 is 0. The van der Waals surface area contributed by atoms with Gasteiger partial charge >= 0.3 is 5.97 Å². The lowest BCUT2D eigenvalue weighted by atomic mass is 10.1. The molecule has 3 rings (SSSR count). The van der Waals surface area contributed by atoms with E-state index in [9.17, 15) is 4.79 Å². The Hall–Kier alpha value is -3.21. The lowest BCUT2D eigenvalue weighted by Gasteiger charge is -2.13. The van der Waals surface area contributed by atoms with Gasteiger partial charge in [0, 0.05) is 12.5 Å². The highest BCUT2D eigenvalue weighted by atomic mass is 16.5. The van der Waals surface area contributed by atoms with Gasteiger partial charge in [-0.1, -0.05) is 36.4 Å². The van der Waals surface area contributed by atoms with Gasteiger partial charge in [-0.3, -0.25) is 4.79 Å². The van der Waals surface area contributed by atoms with E-state index in [4.69, 9.17) is 19.3 Å². The molecular formula is C22H22O5. The van der Waals surface area contributed by atoms with Crippen molar-refractivity contribution in [1.82, 2.24) is 0 Å². The van der Waals surface area contributed by atoms with Gasteiger partial charge in [0.1, 0.15) is 30.5 Å². The van der Waals surface area contributed by atoms with E-state index in [1.54, 1.807) is 19.2 Å². The summed E-state index contributed by atoms with van der Waals surface area (Å²) in [4.78, 5) is 10.8. The van der Waals surface area contributed by atoms with Crippen LogP contribution in [0.3, 0.4) is 0 Å². The number of fused-ring (bicyclic) bond motifs is 1. The lowest BCUT2D eigenvalue weighted by Crippen LogP contribution is -2.10. The molecule has 0 amide bonds. The van der Waals surface area contributed by atoms with Gasteiger partial charge in [0.2, 0.25) is 0 Å². The zero-order valence-corrected chi connectivity index (χ0v) is 15.2. The van der Waals surface area contributed by atoms with Crippen molar-refractivity contribution in [2.24, 2.45) is 0 Å². The molecule has 3 aromatic rings. The van der Waals surface area contributed by atoms with Crippen LogP contribution in [0.1, 0.15) is 12.0 Å². The molecule has 5 nitrogen and oxygen atoms in total. The van der Waals surface area contributed by atoms with Crippen molar-refractivity contribution in [3.63, 3.8) is 0 Å². The van der Waals surface area contributed by atoms with E-state index in [1.807, 2.05) is 42.5 Å². The Kier molecular flexibility index (Phi) is 6.15. The number of carboxylic acid groups (broad SMARTS) is 1. The maximum absolute atomic E-state index is 10.8. The predicted molar refractivity (Wildman–Crippen MR) is 104 cm³/mol. The number of methoxy groups -OCH3 is 1. The number of rotatable bonds is 9. The molecule has 0 aliphatic heterocycles. The molecule has 0 saturated carbocycles. The molecule has 0 fully saturated rings. The number of carbonyl (C=O) groups is 1. The van der Waals surface area contributed by atoms with Gasteiger partial charge in [0.05, 0.1) is 7.11 Å². The quantitative estimate of drug-likeness (QED) is 0.571. The normalized spacial score (nSPS) is 10.6. The summed E-state index contributed by atoms with van der Waals surface area (Å²) in [5, 5.41) is 11.2. The van der Waals surface area contributed by atoms with Gasteiger partial charge in [0.25, 0.3) is 0 Å². The Morgan fingerprint density at radius 3 is 2.41 bits per heavy atom. The first-order valence-electron chi connectivity index (χ1n) is 8.79. The molecule has 0 heterocycles. The Labute approximate surface area is 158 Å². The van der Waals surface area contributed by atoms with Crippen LogP contribution in [0.2, 0.25) is 0 Å². The molecule has 0 radical (unpaired) electrons. The summed E-state index contributed by atoms with van der Waals surface area (Å²) < 4.78 is 16.8. The Bertz CT molecular complexity index is 919. The molecular weight excluding hydrogens is 344 g/mol. The number of hydrogen-bond acceptors (Lipinski definition) is 4. The molecule has 0 unspecified atom stereocenters. The molecule has 0 atom stereocenters. The second-order valence-corrected chi connectivity index (χ2v) is 6.07. The second kappa shape index (κ2) is 8.94. The van der Waals surface area contributed by atoms with Crippen LogP contribution in [0.15, 0.2) is 60.7 Å². The number of carboxylic acids is 1. The van der Waals surface area contributed by atoms with Gasteiger partial charge < -0.3 is 19.3 Å². The van der Waals surface area contributed by atoms with Crippen molar-refractivity contribution in [3.8, 4) is 17.2 Å². The zero-order valence-electron chi connectivity index (χ0n) is 15.2. The van der Waals surface area contributed by atoms with Gasteiger partial charge in [-0.2, -0.15) is 0 Å². The monoisotopic (exact) mass is 366 g/mol. The van der Waals surface area contributed by atoms with E-state index in [0.29, 0.717) is 31.1 Å². The summed E-state index contributed by atoms with van der Waals surface area (Å²) in [6.07, 6.45) is 0.455. The maximum atomic E-state index is 10.8. The van der Waals surface area contributed by atoms with E-state index in [0.717, 1.165) is 16.7 Å². The summed E-state index contributed by atoms with van der Waals surface area (Å²) in [7, 11) is 1.58. The van der Waals surface area contributed by atoms with Gasteiger partial charge in [0.15, 0.2) is 0 Å². The summed E-state index contributed by atoms with van der Waals surface area (Å²) in [5.74, 6) is 1.24. The third-order valence-electron chi connectivity index (χ3n) is 4.21. The highest BCUT2D eigenvalue weighted by Gasteiger charge is 2.08. The molecule has 5 heteroatoms. The first-order chi connectivity index (χ1) is 13.2. The predicted octanol–water partition coefficient (Wildman–Crippen LogP) is 4.32. The molecule has 3 aromatic carbocycles. The van der Waals surface area contributed by atoms with E-state index < -0.39 is 5.97 Å². The average Bonchev–Trinajstić information content (AvgIpc) is 2.69. The molecule has 1 N–H and O–H groups in total. The van der Waals surface area contributed by atoms with Crippen molar-refractivity contribution < 1.29 is 24.1 Å². The molecule has 0 aliphatic carbocycles. The fourth-order valence-electron chi connectivity index (χ4n) is 2.81. The number of aryl methyl sites for hydroxylation is 1. The SMILES string of the molecule is COc1ccc(CCC(=O)O)c(OCCOc2ccc3ccccc3c2)c1. The molecule has 0 spiro atoms. The Morgan fingerprint density at radius 2 is 1.63 bits per heavy atom. The first-order valence-corrected chi connectivity index (χ1v) is 8.79. The summed E-state index contributed by atoms with van der Waals surface area (Å²) in [5.41, 5.74) is 0.837. The van der Waals surface area contributed by atoms with Crippen molar-refractivity contribution in [2.45, 2.75) is 12.8 Å². The molecule has 0 aromatic heterocycles. The van der Waals surface area contributed by atoms with Gasteiger partial charge in [-0.05, 0) is 41.0 Å². The maximum Gasteiger partial charge on any atom is 0.303 e. The van der Waals surface area contributed by atoms with E-state index in [-0.39, 0.29) is 6.42 Å². The third kappa shape index (κ3) is 5.14. The van der Waals surface area contributed by atoms with Crippen LogP contribution in [0.25, 0.3) is 10.8 Å². The number of ether oxygens (including phenoxy) is 3. The topological polar surface area (TPSA) is 65.0 Å². The van der Waals surface area contributed by atoms with E-state index in [1.165, 1.54) is 5.39 Å². The van der Waals surface area contributed by atoms with E-state index in [2.05, 4.69) is 6.07 Å². The lowest BCUT2D eigenvalue weighted by molar-refractivity contribution is -0.136. The molecule has 0 aliphatic rings. The number of aliphatic carboxylic acids is 1. The second-order valence-electron chi connectivity index (χ2n) is 6.07. The Balaban J connectivity index is 1.59. The van der Waals surface area contributed by atoms with Gasteiger partial charge in [-0.25, -0.2) is 0 Å². The fourth-order valence-corrected chi connectivity index (χ4v) is 2.81. The highest BCUT2D eigenvalue weighted by Crippen LogP contribution is 2.26. The number of hydrogen-bond donors (Lipinski definition) is 1. The standard InChI is InChI=1S/C22H22O5/c1-25-19-9-7-17(8-11-22(23)24)21(15-19)27-13-12-26-20-10-6-16-4-2-3-5-18(16)14-20/h2-7,9-10,14-15H,8,11-13H2,1H3,(H,23,24). The minimum absolute atomic E-state index is 0.0519. The van der Waals surface area contributed by atoms with Gasteiger partial charge in [-0.15, -0.1) is 0 Å². The van der Waals surface area contributed by atoms with Crippen LogP contribution in [-0.2, 0) is 11.2 Å². The van der Waals surface area contributed by atoms with Crippen molar-refractivity contribution in [1.29, 1.82) is 0 Å². The minimum atomic E-state index is -0.837. The fraction of sp³-hybridized carbons (Fsp3) is 0.227. The van der Waals surface area contributed by atoms with Crippen molar-refractivity contribution in [3.05, 3.63) is 66.2 Å². The van der Waals surface area contributed by atoms with Crippen LogP contribution in [0, 0.1) is 0 Å². The third-order valence-corrected chi connectivity index (χ3v) is 4.21. The molecule has 27 heavy (non-hydrogen) atoms. The molecule has 0 bridgehead atoms.